The molecule has 9 rings (SSSR count). The van der Waals surface area contributed by atoms with Gasteiger partial charge in [-0.3, -0.25) is 0 Å². The first kappa shape index (κ1) is 101. The normalized spacial score (nSPS) is 12.0. The molecule has 0 spiro atoms. The number of hydrogen-bond donors (Lipinski definition) is 0. The van der Waals surface area contributed by atoms with E-state index >= 15 is 0 Å². The molecule has 674 valence electrons. The van der Waals surface area contributed by atoms with Crippen LogP contribution in [0.15, 0.2) is 48.5 Å². The van der Waals surface area contributed by atoms with E-state index in [1.807, 2.05) is 0 Å². The van der Waals surface area contributed by atoms with Gasteiger partial charge in [0.25, 0.3) is 0 Å². The van der Waals surface area contributed by atoms with Gasteiger partial charge in [0.05, 0.1) is 76.2 Å². The summed E-state index contributed by atoms with van der Waals surface area (Å²) < 4.78 is 53.7. The molecule has 0 unspecified atom stereocenters. The molecule has 3 aromatic heterocycles. The second-order valence-corrected chi connectivity index (χ2v) is 34.7. The van der Waals surface area contributed by atoms with E-state index in [-0.39, 0.29) is 16.5 Å². The molecule has 0 atom stereocenters. The Hall–Kier alpha value is -5.59. The Balaban J connectivity index is 0.0000182. The summed E-state index contributed by atoms with van der Waals surface area (Å²) >= 11 is 0. The van der Waals surface area contributed by atoms with Crippen molar-refractivity contribution in [1.82, 2.24) is 39.9 Å². The van der Waals surface area contributed by atoms with Gasteiger partial charge in [0.2, 0.25) is 0 Å². The summed E-state index contributed by atoms with van der Waals surface area (Å²) in [7, 11) is 0. The summed E-state index contributed by atoms with van der Waals surface area (Å²) in [6.07, 6.45) is 57.0. The van der Waals surface area contributed by atoms with Crippen molar-refractivity contribution in [2.45, 2.75) is 416 Å². The molecular formula is C104H160N8NiO8. The average Bonchev–Trinajstić information content (AvgIpc) is 1.59. The van der Waals surface area contributed by atoms with Crippen molar-refractivity contribution in [3.63, 3.8) is 0 Å². The predicted octanol–water partition coefficient (Wildman–Crippen LogP) is 29.1. The Morgan fingerprint density at radius 3 is 0.479 bits per heavy atom. The van der Waals surface area contributed by atoms with Gasteiger partial charge in [0.1, 0.15) is 0 Å². The largest absolute Gasteiger partial charge is 2.00 e. The Bertz CT molecular complexity index is 3650. The first-order valence-electron chi connectivity index (χ1n) is 49.3. The summed E-state index contributed by atoms with van der Waals surface area (Å²) in [6, 6.07) is 18.0. The van der Waals surface area contributed by atoms with Crippen LogP contribution in [0.2, 0.25) is 0 Å². The fourth-order valence-electron chi connectivity index (χ4n) is 16.6. The van der Waals surface area contributed by atoms with Gasteiger partial charge in [-0.25, -0.2) is 9.97 Å². The Kier molecular flexibility index (Phi) is 51.4. The molecule has 0 N–H and O–H groups in total. The van der Waals surface area contributed by atoms with Crippen LogP contribution in [-0.2, 0) is 107 Å². The van der Waals surface area contributed by atoms with E-state index in [1.165, 1.54) is 205 Å². The SMILES string of the molecule is CCCCCCCCOCc1cc2c(cc1COCCCCCCCC)-c1nc-2nc2[n-]c(nc3nc(nc4[n-]c(n1)c1cc(COCCCCCCCC)c(COCCCCCCCC)cc41)-c1cc(COCCCCCCCC)c(COCCCCCCCC)cc1-3)c1cc(COCCCCCCCC)c(COCCCCCCCC)cc21.[Ni+2]. The Labute approximate surface area is 741 Å². The summed E-state index contributed by atoms with van der Waals surface area (Å²) in [5.74, 6) is 1.99. The molecule has 7 aromatic rings. The molecule has 16 nitrogen and oxygen atoms in total. The molecular weight excluding hydrogens is 1550 g/mol. The number of rotatable bonds is 72. The molecule has 0 aliphatic carbocycles. The predicted molar refractivity (Wildman–Crippen MR) is 498 cm³/mol. The first-order valence-corrected chi connectivity index (χ1v) is 49.3. The minimum atomic E-state index is 0. The number of nitrogens with zero attached hydrogens (tertiary/aromatic N) is 8. The topological polar surface area (TPSA) is 179 Å². The zero-order valence-electron chi connectivity index (χ0n) is 77.0. The monoisotopic (exact) mass is 1710 g/mol. The molecule has 8 bridgehead atoms. The molecule has 0 saturated heterocycles. The number of aromatic nitrogens is 8. The molecule has 121 heavy (non-hydrogen) atoms. The maximum Gasteiger partial charge on any atom is 2.00 e. The van der Waals surface area contributed by atoms with Gasteiger partial charge < -0.3 is 67.8 Å². The van der Waals surface area contributed by atoms with Crippen LogP contribution in [0.4, 0.5) is 0 Å². The number of fused-ring (bicyclic) bond motifs is 20. The fourth-order valence-corrected chi connectivity index (χ4v) is 16.6. The molecule has 4 aromatic carbocycles. The number of benzene rings is 4. The van der Waals surface area contributed by atoms with Crippen LogP contribution in [0, 0.1) is 0 Å². The standard InChI is InChI=1S/C104H160N8O8.Ni/c1-9-17-25-33-41-49-57-113-73-81-65-89-90(66-82(81)74-114-58-50-42-34-26-18-10-2)98-105-97(89)109-99-91-67-83(75-115-59-51-43-35-27-19-11-3)84(76-116-60-52-44-36-28-20-12-4)68-92(91)101(106-99)111-103-95-71-87(79-119-63-55-47-39-31-23-15-7)88(80-120-64-56-48-40-32-24-16-8)72-96(95)104(108-103)112-102-94-70-86(78-118-62-54-46-38-30-22-14-6)85(69-93(94)100(107-102)110-98)77-117-61-53-45-37-29-21-13-5;/h65-72H,9-64,73-80H2,1-8H3;/q-2;+2. The quantitative estimate of drug-likeness (QED) is 0.0259. The van der Waals surface area contributed by atoms with Crippen molar-refractivity contribution >= 4 is 44.1 Å². The van der Waals surface area contributed by atoms with Crippen LogP contribution in [-0.4, -0.2) is 82.8 Å². The zero-order valence-corrected chi connectivity index (χ0v) is 78.0. The zero-order chi connectivity index (χ0) is 84.1. The number of unbranched alkanes of at least 4 members (excludes halogenated alkanes) is 40. The van der Waals surface area contributed by atoms with Crippen LogP contribution < -0.4 is 9.97 Å². The molecule has 2 aliphatic rings. The maximum absolute atomic E-state index is 6.71. The van der Waals surface area contributed by atoms with E-state index in [0.717, 1.165) is 191 Å². The second kappa shape index (κ2) is 61.7. The number of hydrogen-bond acceptors (Lipinski definition) is 14. The fraction of sp³-hybridized carbons (Fsp3) is 0.692. The molecule has 0 amide bonds. The van der Waals surface area contributed by atoms with Crippen molar-refractivity contribution in [3.8, 4) is 45.6 Å². The Morgan fingerprint density at radius 2 is 0.322 bits per heavy atom. The summed E-state index contributed by atoms with van der Waals surface area (Å²) in [5.41, 5.74) is 13.7. The van der Waals surface area contributed by atoms with Crippen molar-refractivity contribution in [2.75, 3.05) is 52.9 Å². The van der Waals surface area contributed by atoms with Gasteiger partial charge in [-0.05, 0) is 166 Å². The summed E-state index contributed by atoms with van der Waals surface area (Å²) in [5, 5.41) is 3.36. The number of ether oxygens (including phenoxy) is 8. The van der Waals surface area contributed by atoms with E-state index < -0.39 is 0 Å². The molecule has 5 heterocycles. The minimum absolute atomic E-state index is 0. The van der Waals surface area contributed by atoms with Gasteiger partial charge in [-0.1, -0.05) is 312 Å². The first-order chi connectivity index (χ1) is 59.3. The smallest absolute Gasteiger partial charge is 0.377 e. The van der Waals surface area contributed by atoms with Crippen LogP contribution in [0.25, 0.3) is 89.7 Å². The minimum Gasteiger partial charge on any atom is -0.377 e. The summed E-state index contributed by atoms with van der Waals surface area (Å²) in [6.45, 7) is 26.9. The van der Waals surface area contributed by atoms with Gasteiger partial charge in [0.15, 0.2) is 0 Å². The van der Waals surface area contributed by atoms with Crippen LogP contribution in [0.3, 0.4) is 0 Å². The van der Waals surface area contributed by atoms with Crippen LogP contribution in [0.5, 0.6) is 0 Å². The maximum atomic E-state index is 6.71. The molecule has 0 radical (unpaired) electrons. The van der Waals surface area contributed by atoms with Gasteiger partial charge in [0, 0.05) is 97.7 Å². The van der Waals surface area contributed by atoms with Crippen molar-refractivity contribution in [2.24, 2.45) is 0 Å². The molecule has 0 fully saturated rings. The van der Waals surface area contributed by atoms with E-state index in [0.29, 0.717) is 152 Å². The average molecular weight is 1710 g/mol. The van der Waals surface area contributed by atoms with E-state index in [1.54, 1.807) is 0 Å². The van der Waals surface area contributed by atoms with E-state index in [2.05, 4.69) is 104 Å². The van der Waals surface area contributed by atoms with Crippen molar-refractivity contribution in [3.05, 3.63) is 93.0 Å². The third kappa shape index (κ3) is 35.3. The molecule has 0 saturated carbocycles. The van der Waals surface area contributed by atoms with Gasteiger partial charge in [-0.2, -0.15) is 0 Å². The Morgan fingerprint density at radius 1 is 0.182 bits per heavy atom. The third-order valence-electron chi connectivity index (χ3n) is 24.2. The van der Waals surface area contributed by atoms with Gasteiger partial charge in [-0.15, -0.1) is 0 Å². The second-order valence-electron chi connectivity index (χ2n) is 34.7. The third-order valence-corrected chi connectivity index (χ3v) is 24.2. The molecule has 2 aliphatic heterocycles. The van der Waals surface area contributed by atoms with E-state index in [9.17, 15) is 0 Å². The summed E-state index contributed by atoms with van der Waals surface area (Å²) in [4.78, 5) is 45.3. The van der Waals surface area contributed by atoms with Gasteiger partial charge >= 0.3 is 16.5 Å². The van der Waals surface area contributed by atoms with E-state index in [4.69, 9.17) is 77.8 Å². The van der Waals surface area contributed by atoms with Crippen molar-refractivity contribution < 1.29 is 54.4 Å². The molecule has 17 heteroatoms. The van der Waals surface area contributed by atoms with Crippen LogP contribution in [0.1, 0.15) is 408 Å². The van der Waals surface area contributed by atoms with Crippen molar-refractivity contribution in [1.29, 1.82) is 0 Å². The van der Waals surface area contributed by atoms with Crippen LogP contribution >= 0.6 is 0 Å².